The second-order valence-corrected chi connectivity index (χ2v) is 2.71. The number of hydrogen-bond acceptors (Lipinski definition) is 5. The first-order valence-electron chi connectivity index (χ1n) is 4.04. The number of nitro benzene ring substituents is 1. The van der Waals surface area contributed by atoms with Crippen molar-refractivity contribution in [3.63, 3.8) is 0 Å². The Morgan fingerprint density at radius 1 is 1.62 bits per heavy atom. The number of nitro groups is 1. The molecule has 0 saturated carbocycles. The molecular weight excluding hydrogens is 223 g/mol. The number of non-ortho nitro benzene ring substituents is 1. The topological polar surface area (TPSA) is 102 Å². The Morgan fingerprint density at radius 2 is 2.31 bits per heavy atom. The molecule has 0 radical (unpaired) electrons. The Morgan fingerprint density at radius 3 is 2.81 bits per heavy atom. The lowest BCUT2D eigenvalue weighted by atomic mass is 10.3. The average molecular weight is 230 g/mol. The summed E-state index contributed by atoms with van der Waals surface area (Å²) in [7, 11) is 0. The summed E-state index contributed by atoms with van der Waals surface area (Å²) in [5.41, 5.74) is 1.46. The largest absolute Gasteiger partial charge is 0.479 e. The van der Waals surface area contributed by atoms with Crippen molar-refractivity contribution < 1.29 is 24.1 Å². The van der Waals surface area contributed by atoms with Crippen molar-refractivity contribution in [3.05, 3.63) is 34.1 Å². The summed E-state index contributed by atoms with van der Waals surface area (Å²) in [6.07, 6.45) is 0. The first kappa shape index (κ1) is 11.9. The van der Waals surface area contributed by atoms with Crippen LogP contribution in [-0.2, 0) is 9.63 Å². The zero-order valence-electron chi connectivity index (χ0n) is 7.84. The zero-order valence-corrected chi connectivity index (χ0v) is 7.84. The van der Waals surface area contributed by atoms with Crippen molar-refractivity contribution in [1.29, 1.82) is 0 Å². The molecule has 0 aliphatic heterocycles. The molecule has 2 N–H and O–H groups in total. The number of benzene rings is 1. The van der Waals surface area contributed by atoms with E-state index < -0.39 is 29.0 Å². The van der Waals surface area contributed by atoms with E-state index in [0.29, 0.717) is 6.07 Å². The Labute approximate surface area is 88.6 Å². The molecule has 8 heteroatoms. The Kier molecular flexibility index (Phi) is 3.72. The summed E-state index contributed by atoms with van der Waals surface area (Å²) in [5, 5.41) is 18.5. The van der Waals surface area contributed by atoms with Gasteiger partial charge in [0.1, 0.15) is 0 Å². The van der Waals surface area contributed by atoms with Gasteiger partial charge >= 0.3 is 5.97 Å². The molecule has 0 aromatic heterocycles. The number of nitrogens with one attached hydrogen (secondary N) is 1. The van der Waals surface area contributed by atoms with E-state index in [1.807, 2.05) is 5.48 Å². The molecule has 0 atom stereocenters. The normalized spacial score (nSPS) is 9.81. The van der Waals surface area contributed by atoms with Crippen molar-refractivity contribution in [1.82, 2.24) is 0 Å². The van der Waals surface area contributed by atoms with Gasteiger partial charge in [-0.25, -0.2) is 9.18 Å². The summed E-state index contributed by atoms with van der Waals surface area (Å²) in [6.45, 7) is -0.656. The maximum absolute atomic E-state index is 13.1. The van der Waals surface area contributed by atoms with Crippen molar-refractivity contribution in [3.8, 4) is 0 Å². The van der Waals surface area contributed by atoms with Crippen LogP contribution in [0.2, 0.25) is 0 Å². The van der Waals surface area contributed by atoms with Crippen LogP contribution in [0.25, 0.3) is 0 Å². The van der Waals surface area contributed by atoms with E-state index in [1.165, 1.54) is 0 Å². The number of carboxylic acids is 1. The molecule has 86 valence electrons. The van der Waals surface area contributed by atoms with E-state index in [4.69, 9.17) is 5.11 Å². The highest BCUT2D eigenvalue weighted by Crippen LogP contribution is 2.20. The summed E-state index contributed by atoms with van der Waals surface area (Å²) < 4.78 is 13.1. The van der Waals surface area contributed by atoms with E-state index in [-0.39, 0.29) is 5.69 Å². The third kappa shape index (κ3) is 3.17. The smallest absolute Gasteiger partial charge is 0.332 e. The van der Waals surface area contributed by atoms with Crippen LogP contribution in [0.5, 0.6) is 0 Å². The number of hydrogen-bond donors (Lipinski definition) is 2. The van der Waals surface area contributed by atoms with Crippen LogP contribution in [0, 0.1) is 15.9 Å². The Hall–Kier alpha value is -2.22. The molecule has 0 saturated heterocycles. The number of rotatable bonds is 5. The lowest BCUT2D eigenvalue weighted by Crippen LogP contribution is -2.12. The van der Waals surface area contributed by atoms with Crippen LogP contribution in [0.15, 0.2) is 18.2 Å². The number of anilines is 1. The van der Waals surface area contributed by atoms with Crippen LogP contribution in [0.3, 0.4) is 0 Å². The molecule has 0 spiro atoms. The molecule has 0 unspecified atom stereocenters. The molecule has 0 fully saturated rings. The van der Waals surface area contributed by atoms with Crippen molar-refractivity contribution >= 4 is 17.3 Å². The van der Waals surface area contributed by atoms with Gasteiger partial charge in [-0.05, 0) is 6.07 Å². The highest BCUT2D eigenvalue weighted by atomic mass is 19.1. The molecule has 1 rings (SSSR count). The van der Waals surface area contributed by atoms with E-state index in [1.54, 1.807) is 0 Å². The van der Waals surface area contributed by atoms with E-state index in [2.05, 4.69) is 4.84 Å². The molecule has 0 heterocycles. The minimum Gasteiger partial charge on any atom is -0.479 e. The predicted octanol–water partition coefficient (Wildman–Crippen LogP) is 1.16. The van der Waals surface area contributed by atoms with Gasteiger partial charge in [-0.1, -0.05) is 0 Å². The summed E-state index contributed by atoms with van der Waals surface area (Å²) >= 11 is 0. The lowest BCUT2D eigenvalue weighted by Gasteiger charge is -2.05. The second-order valence-electron chi connectivity index (χ2n) is 2.71. The number of carbonyl (C=O) groups is 1. The predicted molar refractivity (Wildman–Crippen MR) is 50.3 cm³/mol. The van der Waals surface area contributed by atoms with E-state index in [9.17, 15) is 19.3 Å². The summed E-state index contributed by atoms with van der Waals surface area (Å²) in [4.78, 5) is 24.0. The van der Waals surface area contributed by atoms with Crippen LogP contribution in [0.1, 0.15) is 0 Å². The van der Waals surface area contributed by atoms with Gasteiger partial charge in [0.2, 0.25) is 0 Å². The van der Waals surface area contributed by atoms with E-state index in [0.717, 1.165) is 12.1 Å². The molecule has 0 aliphatic rings. The monoisotopic (exact) mass is 230 g/mol. The highest BCUT2D eigenvalue weighted by molar-refractivity contribution is 5.68. The van der Waals surface area contributed by atoms with Crippen molar-refractivity contribution in [2.45, 2.75) is 0 Å². The molecule has 0 aliphatic carbocycles. The quantitative estimate of drug-likeness (QED) is 0.581. The number of carboxylic acid groups (broad SMARTS) is 1. The van der Waals surface area contributed by atoms with Gasteiger partial charge in [-0.3, -0.25) is 20.4 Å². The molecular formula is C8H7FN2O5. The SMILES string of the molecule is O=C(O)CONc1ccc([N+](=O)[O-])cc1F. The third-order valence-corrected chi connectivity index (χ3v) is 1.54. The average Bonchev–Trinajstić information content (AvgIpc) is 2.19. The van der Waals surface area contributed by atoms with E-state index >= 15 is 0 Å². The number of nitrogens with zero attached hydrogens (tertiary/aromatic N) is 1. The van der Waals surface area contributed by atoms with Gasteiger partial charge in [0.05, 0.1) is 16.7 Å². The Balaban J connectivity index is 2.68. The highest BCUT2D eigenvalue weighted by Gasteiger charge is 2.10. The lowest BCUT2D eigenvalue weighted by molar-refractivity contribution is -0.385. The van der Waals surface area contributed by atoms with Crippen LogP contribution < -0.4 is 5.48 Å². The fourth-order valence-electron chi connectivity index (χ4n) is 0.876. The maximum Gasteiger partial charge on any atom is 0.332 e. The third-order valence-electron chi connectivity index (χ3n) is 1.54. The molecule has 1 aromatic rings. The number of halogens is 1. The second kappa shape index (κ2) is 5.03. The molecule has 16 heavy (non-hydrogen) atoms. The standard InChI is InChI=1S/C8H7FN2O5/c9-6-3-5(11(14)15)1-2-7(6)10-16-4-8(12)13/h1-3,10H,4H2,(H,12,13). The van der Waals surface area contributed by atoms with Gasteiger partial charge in [-0.2, -0.15) is 0 Å². The number of aliphatic carboxylic acids is 1. The molecule has 0 amide bonds. The van der Waals surface area contributed by atoms with Crippen LogP contribution in [-0.4, -0.2) is 22.6 Å². The van der Waals surface area contributed by atoms with Gasteiger partial charge in [0.25, 0.3) is 5.69 Å². The van der Waals surface area contributed by atoms with Gasteiger partial charge in [0, 0.05) is 6.07 Å². The Bertz CT molecular complexity index is 423. The van der Waals surface area contributed by atoms with Crippen molar-refractivity contribution in [2.24, 2.45) is 0 Å². The maximum atomic E-state index is 13.1. The summed E-state index contributed by atoms with van der Waals surface area (Å²) in [6, 6.07) is 2.84. The molecule has 1 aromatic carbocycles. The zero-order chi connectivity index (χ0) is 12.1. The van der Waals surface area contributed by atoms with Gasteiger partial charge in [0.15, 0.2) is 12.4 Å². The minimum atomic E-state index is -1.23. The van der Waals surface area contributed by atoms with Crippen LogP contribution in [0.4, 0.5) is 15.8 Å². The fraction of sp³-hybridized carbons (Fsp3) is 0.125. The fourth-order valence-corrected chi connectivity index (χ4v) is 0.876. The first-order chi connectivity index (χ1) is 7.50. The van der Waals surface area contributed by atoms with Gasteiger partial charge < -0.3 is 5.11 Å². The first-order valence-corrected chi connectivity index (χ1v) is 4.04. The van der Waals surface area contributed by atoms with Crippen LogP contribution >= 0.6 is 0 Å². The van der Waals surface area contributed by atoms with Gasteiger partial charge in [-0.15, -0.1) is 0 Å². The molecule has 7 nitrogen and oxygen atoms in total. The minimum absolute atomic E-state index is 0.174. The summed E-state index contributed by atoms with van der Waals surface area (Å²) in [5.74, 6) is -2.13. The van der Waals surface area contributed by atoms with Crippen molar-refractivity contribution in [2.75, 3.05) is 12.1 Å². The molecule has 0 bridgehead atoms.